The second-order valence-corrected chi connectivity index (χ2v) is 4.19. The Kier molecular flexibility index (Phi) is 3.88. The van der Waals surface area contributed by atoms with Crippen LogP contribution >= 0.6 is 0 Å². The van der Waals surface area contributed by atoms with Gasteiger partial charge in [0.1, 0.15) is 11.5 Å². The first-order valence-electron chi connectivity index (χ1n) is 5.76. The number of nitrogens with zero attached hydrogens (tertiary/aromatic N) is 2. The van der Waals surface area contributed by atoms with Crippen LogP contribution in [0.1, 0.15) is 11.1 Å². The molecule has 0 aliphatic carbocycles. The summed E-state index contributed by atoms with van der Waals surface area (Å²) in [5.41, 5.74) is 0.715. The number of rotatable bonds is 4. The van der Waals surface area contributed by atoms with Gasteiger partial charge in [-0.1, -0.05) is 0 Å². The summed E-state index contributed by atoms with van der Waals surface area (Å²) in [7, 11) is 0. The molecule has 5 nitrogen and oxygen atoms in total. The fourth-order valence-corrected chi connectivity index (χ4v) is 1.74. The van der Waals surface area contributed by atoms with E-state index in [9.17, 15) is 18.9 Å². The Bertz CT molecular complexity index is 662. The summed E-state index contributed by atoms with van der Waals surface area (Å²) in [6, 6.07) is 3.05. The SMILES string of the molecule is Cc1ccncc1CNc1c(F)cc(F)cc1[N+](=O)[O-]. The molecule has 1 aromatic carbocycles. The molecular formula is C13H11F2N3O2. The summed E-state index contributed by atoms with van der Waals surface area (Å²) in [5, 5.41) is 13.4. The molecule has 1 aromatic heterocycles. The molecule has 0 radical (unpaired) electrons. The summed E-state index contributed by atoms with van der Waals surface area (Å²) in [6.45, 7) is 2.00. The van der Waals surface area contributed by atoms with Gasteiger partial charge in [0.25, 0.3) is 5.69 Å². The first kappa shape index (κ1) is 13.9. The molecule has 0 saturated carbocycles. The van der Waals surface area contributed by atoms with Crippen LogP contribution in [0, 0.1) is 28.7 Å². The first-order chi connectivity index (χ1) is 9.49. The maximum absolute atomic E-state index is 13.7. The fourth-order valence-electron chi connectivity index (χ4n) is 1.74. The molecule has 20 heavy (non-hydrogen) atoms. The molecule has 7 heteroatoms. The van der Waals surface area contributed by atoms with Crippen LogP contribution in [0.25, 0.3) is 0 Å². The van der Waals surface area contributed by atoms with Crippen molar-refractivity contribution in [2.24, 2.45) is 0 Å². The Morgan fingerprint density at radius 2 is 2.15 bits per heavy atom. The third-order valence-electron chi connectivity index (χ3n) is 2.83. The van der Waals surface area contributed by atoms with Crippen LogP contribution in [0.2, 0.25) is 0 Å². The molecule has 1 N–H and O–H groups in total. The maximum atomic E-state index is 13.7. The Morgan fingerprint density at radius 3 is 2.80 bits per heavy atom. The molecule has 0 aliphatic rings. The number of anilines is 1. The fraction of sp³-hybridized carbons (Fsp3) is 0.154. The number of benzene rings is 1. The van der Waals surface area contributed by atoms with Crippen LogP contribution in [-0.4, -0.2) is 9.91 Å². The Balaban J connectivity index is 2.30. The predicted octanol–water partition coefficient (Wildman–Crippen LogP) is 3.19. The molecule has 0 saturated heterocycles. The van der Waals surface area contributed by atoms with Gasteiger partial charge in [0, 0.05) is 25.0 Å². The average Bonchev–Trinajstić information content (AvgIpc) is 2.38. The van der Waals surface area contributed by atoms with E-state index in [0.29, 0.717) is 12.1 Å². The van der Waals surface area contributed by atoms with Crippen molar-refractivity contribution in [3.8, 4) is 0 Å². The van der Waals surface area contributed by atoms with Gasteiger partial charge in [-0.05, 0) is 24.1 Å². The molecule has 0 unspecified atom stereocenters. The number of aryl methyl sites for hydroxylation is 1. The molecule has 1 heterocycles. The number of nitrogens with one attached hydrogen (secondary N) is 1. The van der Waals surface area contributed by atoms with Crippen molar-refractivity contribution in [1.82, 2.24) is 4.98 Å². The average molecular weight is 279 g/mol. The van der Waals surface area contributed by atoms with Crippen LogP contribution in [0.3, 0.4) is 0 Å². The quantitative estimate of drug-likeness (QED) is 0.689. The molecule has 0 fully saturated rings. The number of nitro benzene ring substituents is 1. The molecule has 0 aliphatic heterocycles. The van der Waals surface area contributed by atoms with Crippen LogP contribution < -0.4 is 5.32 Å². The van der Waals surface area contributed by atoms with Gasteiger partial charge in [-0.2, -0.15) is 0 Å². The number of hydrogen-bond acceptors (Lipinski definition) is 4. The lowest BCUT2D eigenvalue weighted by Gasteiger charge is -2.10. The van der Waals surface area contributed by atoms with Gasteiger partial charge in [-0.15, -0.1) is 0 Å². The van der Waals surface area contributed by atoms with Gasteiger partial charge in [0.2, 0.25) is 0 Å². The number of halogens is 2. The van der Waals surface area contributed by atoms with Crippen LogP contribution in [0.5, 0.6) is 0 Å². The maximum Gasteiger partial charge on any atom is 0.298 e. The molecule has 0 spiro atoms. The summed E-state index contributed by atoms with van der Waals surface area (Å²) >= 11 is 0. The summed E-state index contributed by atoms with van der Waals surface area (Å²) in [5.74, 6) is -1.99. The Morgan fingerprint density at radius 1 is 1.40 bits per heavy atom. The van der Waals surface area contributed by atoms with E-state index >= 15 is 0 Å². The lowest BCUT2D eigenvalue weighted by Crippen LogP contribution is -2.06. The molecule has 0 bridgehead atoms. The molecule has 0 atom stereocenters. The van der Waals surface area contributed by atoms with Gasteiger partial charge in [0.05, 0.1) is 11.0 Å². The molecule has 2 aromatic rings. The van der Waals surface area contributed by atoms with Gasteiger partial charge in [0.15, 0.2) is 5.82 Å². The van der Waals surface area contributed by atoms with Crippen molar-refractivity contribution in [2.75, 3.05) is 5.32 Å². The van der Waals surface area contributed by atoms with Crippen LogP contribution in [0.15, 0.2) is 30.6 Å². The normalized spacial score (nSPS) is 10.3. The predicted molar refractivity (Wildman–Crippen MR) is 69.3 cm³/mol. The van der Waals surface area contributed by atoms with E-state index in [1.54, 1.807) is 18.5 Å². The van der Waals surface area contributed by atoms with E-state index < -0.39 is 22.2 Å². The van der Waals surface area contributed by atoms with Crippen molar-refractivity contribution < 1.29 is 13.7 Å². The van der Waals surface area contributed by atoms with Crippen molar-refractivity contribution in [2.45, 2.75) is 13.5 Å². The van der Waals surface area contributed by atoms with Gasteiger partial charge in [-0.3, -0.25) is 15.1 Å². The van der Waals surface area contributed by atoms with Gasteiger partial charge >= 0.3 is 0 Å². The minimum Gasteiger partial charge on any atom is -0.373 e. The number of nitro groups is 1. The summed E-state index contributed by atoms with van der Waals surface area (Å²) < 4.78 is 26.7. The number of hydrogen-bond donors (Lipinski definition) is 1. The standard InChI is InChI=1S/C13H11F2N3O2/c1-8-2-3-16-6-9(8)7-17-13-11(15)4-10(14)5-12(13)18(19)20/h2-6,17H,7H2,1H3. The smallest absolute Gasteiger partial charge is 0.298 e. The minimum atomic E-state index is -1.00. The van der Waals surface area contributed by atoms with E-state index in [2.05, 4.69) is 10.3 Å². The van der Waals surface area contributed by atoms with E-state index in [4.69, 9.17) is 0 Å². The van der Waals surface area contributed by atoms with Crippen molar-refractivity contribution in [1.29, 1.82) is 0 Å². The monoisotopic (exact) mass is 279 g/mol. The van der Waals surface area contributed by atoms with E-state index in [0.717, 1.165) is 11.1 Å². The molecule has 2 rings (SSSR count). The highest BCUT2D eigenvalue weighted by Gasteiger charge is 2.20. The van der Waals surface area contributed by atoms with Crippen molar-refractivity contribution in [3.05, 3.63) is 63.5 Å². The van der Waals surface area contributed by atoms with Crippen molar-refractivity contribution in [3.63, 3.8) is 0 Å². The summed E-state index contributed by atoms with van der Waals surface area (Å²) in [6.07, 6.45) is 3.19. The molecule has 104 valence electrons. The largest absolute Gasteiger partial charge is 0.373 e. The Labute approximate surface area is 113 Å². The first-order valence-corrected chi connectivity index (χ1v) is 5.76. The zero-order valence-electron chi connectivity index (χ0n) is 10.6. The van der Waals surface area contributed by atoms with Gasteiger partial charge in [-0.25, -0.2) is 8.78 Å². The second-order valence-electron chi connectivity index (χ2n) is 4.19. The second kappa shape index (κ2) is 5.60. The number of pyridine rings is 1. The van der Waals surface area contributed by atoms with Gasteiger partial charge < -0.3 is 5.32 Å². The minimum absolute atomic E-state index is 0.156. The van der Waals surface area contributed by atoms with Crippen molar-refractivity contribution >= 4 is 11.4 Å². The molecular weight excluding hydrogens is 268 g/mol. The topological polar surface area (TPSA) is 68.1 Å². The third-order valence-corrected chi connectivity index (χ3v) is 2.83. The zero-order valence-corrected chi connectivity index (χ0v) is 10.6. The lowest BCUT2D eigenvalue weighted by molar-refractivity contribution is -0.384. The zero-order chi connectivity index (χ0) is 14.7. The highest BCUT2D eigenvalue weighted by atomic mass is 19.1. The third kappa shape index (κ3) is 2.87. The van der Waals surface area contributed by atoms with Crippen LogP contribution in [-0.2, 0) is 6.54 Å². The van der Waals surface area contributed by atoms with Crippen LogP contribution in [0.4, 0.5) is 20.2 Å². The highest BCUT2D eigenvalue weighted by molar-refractivity contribution is 5.62. The van der Waals surface area contributed by atoms with E-state index in [-0.39, 0.29) is 12.2 Å². The van der Waals surface area contributed by atoms with E-state index in [1.165, 1.54) is 0 Å². The number of aromatic nitrogens is 1. The lowest BCUT2D eigenvalue weighted by atomic mass is 10.1. The Hall–Kier alpha value is -2.57. The summed E-state index contributed by atoms with van der Waals surface area (Å²) in [4.78, 5) is 13.9. The van der Waals surface area contributed by atoms with E-state index in [1.807, 2.05) is 6.92 Å². The highest BCUT2D eigenvalue weighted by Crippen LogP contribution is 2.29. The molecule has 0 amide bonds.